The van der Waals surface area contributed by atoms with Gasteiger partial charge in [-0.3, -0.25) is 4.79 Å². The van der Waals surface area contributed by atoms with Gasteiger partial charge in [0.25, 0.3) is 0 Å². The van der Waals surface area contributed by atoms with Crippen LogP contribution in [0.15, 0.2) is 0 Å². The molecule has 3 nitrogen and oxygen atoms in total. The van der Waals surface area contributed by atoms with Crippen molar-refractivity contribution in [2.75, 3.05) is 0 Å². The monoisotopic (exact) mass is 282 g/mol. The van der Waals surface area contributed by atoms with Crippen LogP contribution in [0.4, 0.5) is 0 Å². The molecule has 1 atom stereocenters. The standard InChI is InChI=1S/C15H26N2OS/c1-14(2)8-6-7-11(14)17-13(18)15(12(16)19)9-4-3-5-10-15/h11H,3-10H2,1-2H3,(H2,16,19)(H,17,18). The third kappa shape index (κ3) is 2.78. The second-order valence-corrected chi connectivity index (χ2v) is 7.35. The molecule has 2 aliphatic carbocycles. The summed E-state index contributed by atoms with van der Waals surface area (Å²) in [4.78, 5) is 13.1. The molecule has 0 aromatic rings. The van der Waals surface area contributed by atoms with E-state index in [2.05, 4.69) is 19.2 Å². The van der Waals surface area contributed by atoms with Crippen LogP contribution in [-0.4, -0.2) is 16.9 Å². The van der Waals surface area contributed by atoms with Crippen molar-refractivity contribution in [2.45, 2.75) is 71.3 Å². The van der Waals surface area contributed by atoms with Crippen molar-refractivity contribution in [3.05, 3.63) is 0 Å². The Hall–Kier alpha value is -0.640. The fourth-order valence-electron chi connectivity index (χ4n) is 3.63. The number of carbonyl (C=O) groups excluding carboxylic acids is 1. The summed E-state index contributed by atoms with van der Waals surface area (Å²) in [6.07, 6.45) is 8.38. The number of amides is 1. The summed E-state index contributed by atoms with van der Waals surface area (Å²) in [7, 11) is 0. The largest absolute Gasteiger partial charge is 0.392 e. The number of hydrogen-bond acceptors (Lipinski definition) is 2. The lowest BCUT2D eigenvalue weighted by molar-refractivity contribution is -0.130. The van der Waals surface area contributed by atoms with Crippen molar-refractivity contribution in [2.24, 2.45) is 16.6 Å². The quantitative estimate of drug-likeness (QED) is 0.783. The normalized spacial score (nSPS) is 28.8. The van der Waals surface area contributed by atoms with Gasteiger partial charge < -0.3 is 11.1 Å². The Morgan fingerprint density at radius 3 is 2.26 bits per heavy atom. The minimum absolute atomic E-state index is 0.0830. The van der Waals surface area contributed by atoms with Crippen LogP contribution in [0.3, 0.4) is 0 Å². The summed E-state index contributed by atoms with van der Waals surface area (Å²) in [5, 5.41) is 3.25. The first-order chi connectivity index (χ1) is 8.88. The van der Waals surface area contributed by atoms with Gasteiger partial charge in [-0.05, 0) is 31.1 Å². The van der Waals surface area contributed by atoms with E-state index in [0.29, 0.717) is 4.99 Å². The zero-order chi connectivity index (χ0) is 14.1. The van der Waals surface area contributed by atoms with Crippen LogP contribution in [0.2, 0.25) is 0 Å². The highest BCUT2D eigenvalue weighted by Gasteiger charge is 2.45. The Morgan fingerprint density at radius 1 is 1.16 bits per heavy atom. The highest BCUT2D eigenvalue weighted by Crippen LogP contribution is 2.40. The Bertz CT molecular complexity index is 372. The van der Waals surface area contributed by atoms with Crippen molar-refractivity contribution in [1.82, 2.24) is 5.32 Å². The van der Waals surface area contributed by atoms with Gasteiger partial charge in [0.2, 0.25) is 5.91 Å². The van der Waals surface area contributed by atoms with E-state index in [-0.39, 0.29) is 17.4 Å². The van der Waals surface area contributed by atoms with Gasteiger partial charge in [-0.15, -0.1) is 0 Å². The first kappa shape index (κ1) is 14.8. The third-order valence-corrected chi connectivity index (χ3v) is 5.57. The van der Waals surface area contributed by atoms with Crippen LogP contribution < -0.4 is 11.1 Å². The molecule has 2 aliphatic rings. The summed E-state index contributed by atoms with van der Waals surface area (Å²) in [6.45, 7) is 4.47. The lowest BCUT2D eigenvalue weighted by Crippen LogP contribution is -2.54. The molecule has 4 heteroatoms. The summed E-state index contributed by atoms with van der Waals surface area (Å²) in [6, 6.07) is 0.271. The van der Waals surface area contributed by atoms with Crippen LogP contribution in [0.1, 0.15) is 65.2 Å². The minimum atomic E-state index is -0.577. The smallest absolute Gasteiger partial charge is 0.233 e. The molecule has 3 N–H and O–H groups in total. The van der Waals surface area contributed by atoms with E-state index in [1.54, 1.807) is 0 Å². The summed E-state index contributed by atoms with van der Waals surface area (Å²) in [5.41, 5.74) is 5.53. The van der Waals surface area contributed by atoms with Crippen molar-refractivity contribution in [3.8, 4) is 0 Å². The Morgan fingerprint density at radius 2 is 1.79 bits per heavy atom. The molecule has 0 aliphatic heterocycles. The van der Waals surface area contributed by atoms with E-state index < -0.39 is 5.41 Å². The van der Waals surface area contributed by atoms with E-state index in [0.717, 1.165) is 32.1 Å². The maximum Gasteiger partial charge on any atom is 0.233 e. The fourth-order valence-corrected chi connectivity index (χ4v) is 3.93. The van der Waals surface area contributed by atoms with Crippen LogP contribution in [0.5, 0.6) is 0 Å². The summed E-state index contributed by atoms with van der Waals surface area (Å²) < 4.78 is 0. The number of rotatable bonds is 3. The zero-order valence-corrected chi connectivity index (χ0v) is 12.9. The van der Waals surface area contributed by atoms with Crippen molar-refractivity contribution in [3.63, 3.8) is 0 Å². The topological polar surface area (TPSA) is 55.1 Å². The molecule has 2 saturated carbocycles. The molecule has 0 bridgehead atoms. The molecule has 0 aromatic carbocycles. The molecule has 2 fully saturated rings. The zero-order valence-electron chi connectivity index (χ0n) is 12.1. The maximum atomic E-state index is 12.7. The van der Waals surface area contributed by atoms with Crippen LogP contribution >= 0.6 is 12.2 Å². The second-order valence-electron chi connectivity index (χ2n) is 6.91. The van der Waals surface area contributed by atoms with Gasteiger partial charge in [-0.25, -0.2) is 0 Å². The lowest BCUT2D eigenvalue weighted by Gasteiger charge is -2.37. The van der Waals surface area contributed by atoms with E-state index in [9.17, 15) is 4.79 Å². The summed E-state index contributed by atoms with van der Waals surface area (Å²) in [5.74, 6) is 0.0830. The van der Waals surface area contributed by atoms with E-state index >= 15 is 0 Å². The first-order valence-corrected chi connectivity index (χ1v) is 7.90. The van der Waals surface area contributed by atoms with Crippen LogP contribution in [0, 0.1) is 10.8 Å². The minimum Gasteiger partial charge on any atom is -0.392 e. The van der Waals surface area contributed by atoms with E-state index in [4.69, 9.17) is 18.0 Å². The molecule has 108 valence electrons. The molecular formula is C15H26N2OS. The number of nitrogens with two attached hydrogens (primary N) is 1. The molecule has 1 unspecified atom stereocenters. The predicted molar refractivity (Wildman–Crippen MR) is 81.9 cm³/mol. The van der Waals surface area contributed by atoms with Gasteiger partial charge in [-0.2, -0.15) is 0 Å². The Balaban J connectivity index is 2.10. The second kappa shape index (κ2) is 5.39. The highest BCUT2D eigenvalue weighted by molar-refractivity contribution is 7.80. The van der Waals surface area contributed by atoms with Gasteiger partial charge in [0.1, 0.15) is 0 Å². The molecule has 0 aromatic heterocycles. The van der Waals surface area contributed by atoms with Gasteiger partial charge >= 0.3 is 0 Å². The molecule has 1 amide bonds. The SMILES string of the molecule is CC1(C)CCCC1NC(=O)C1(C(N)=S)CCCCC1. The molecule has 2 rings (SSSR count). The van der Waals surface area contributed by atoms with E-state index in [1.807, 2.05) is 0 Å². The summed E-state index contributed by atoms with van der Waals surface area (Å²) >= 11 is 5.22. The molecule has 0 heterocycles. The third-order valence-electron chi connectivity index (χ3n) is 5.18. The molecule has 19 heavy (non-hydrogen) atoms. The average Bonchev–Trinajstić information content (AvgIpc) is 2.69. The first-order valence-electron chi connectivity index (χ1n) is 7.49. The fraction of sp³-hybridized carbons (Fsp3) is 0.867. The van der Waals surface area contributed by atoms with Crippen molar-refractivity contribution < 1.29 is 4.79 Å². The number of carbonyl (C=O) groups is 1. The Labute approximate surface area is 121 Å². The van der Waals surface area contributed by atoms with Gasteiger partial charge in [-0.1, -0.05) is 51.7 Å². The maximum absolute atomic E-state index is 12.7. The van der Waals surface area contributed by atoms with Crippen LogP contribution in [0.25, 0.3) is 0 Å². The predicted octanol–water partition coefficient (Wildman–Crippen LogP) is 2.92. The highest BCUT2D eigenvalue weighted by atomic mass is 32.1. The molecular weight excluding hydrogens is 256 g/mol. The van der Waals surface area contributed by atoms with E-state index in [1.165, 1.54) is 19.3 Å². The average molecular weight is 282 g/mol. The van der Waals surface area contributed by atoms with Gasteiger partial charge in [0.15, 0.2) is 0 Å². The van der Waals surface area contributed by atoms with Crippen molar-refractivity contribution >= 4 is 23.1 Å². The molecule has 0 radical (unpaired) electrons. The number of hydrogen-bond donors (Lipinski definition) is 2. The number of thiocarbonyl (C=S) groups is 1. The lowest BCUT2D eigenvalue weighted by atomic mass is 9.72. The molecule has 0 saturated heterocycles. The van der Waals surface area contributed by atoms with Gasteiger partial charge in [0.05, 0.1) is 10.4 Å². The molecule has 0 spiro atoms. The Kier molecular flexibility index (Phi) is 4.19. The van der Waals surface area contributed by atoms with Crippen LogP contribution in [-0.2, 0) is 4.79 Å². The van der Waals surface area contributed by atoms with Gasteiger partial charge in [0, 0.05) is 6.04 Å². The van der Waals surface area contributed by atoms with Crippen molar-refractivity contribution in [1.29, 1.82) is 0 Å². The number of nitrogens with one attached hydrogen (secondary N) is 1.